The second kappa shape index (κ2) is 1.25. The molecule has 38 valence electrons. The van der Waals surface area contributed by atoms with Crippen molar-refractivity contribution in [2.24, 2.45) is 7.05 Å². The Hall–Kier alpha value is -1.00. The highest BCUT2D eigenvalue weighted by molar-refractivity contribution is 4.45. The number of tetrazole rings is 1. The molecule has 0 unspecified atom stereocenters. The molecule has 1 rings (SSSR count). The van der Waals surface area contributed by atoms with E-state index < -0.39 is 6.08 Å². The Labute approximate surface area is 38.9 Å². The van der Waals surface area contributed by atoms with E-state index in [0.29, 0.717) is 0 Å². The van der Waals surface area contributed by atoms with Gasteiger partial charge < -0.3 is 0 Å². The molecular weight excluding hydrogens is 99.0 g/mol. The number of aryl methyl sites for hydroxylation is 1. The summed E-state index contributed by atoms with van der Waals surface area (Å²) in [5.41, 5.74) is 0. The fraction of sp³-hybridized carbons (Fsp3) is 0.500. The van der Waals surface area contributed by atoms with E-state index in [-0.39, 0.29) is 0 Å². The molecule has 0 aromatic carbocycles. The maximum absolute atomic E-state index is 11.8. The molecule has 0 aliphatic rings. The molecule has 0 amide bonds. The van der Waals surface area contributed by atoms with Gasteiger partial charge in [-0.2, -0.15) is 4.39 Å². The van der Waals surface area contributed by atoms with Crippen LogP contribution in [0.15, 0.2) is 0 Å². The summed E-state index contributed by atoms with van der Waals surface area (Å²) in [5.74, 6) is 0. The number of hydrogen-bond donors (Lipinski definition) is 0. The Morgan fingerprint density at radius 1 is 1.71 bits per heavy atom. The first kappa shape index (κ1) is 4.17. The van der Waals surface area contributed by atoms with E-state index in [2.05, 4.69) is 15.5 Å². The smallest absolute Gasteiger partial charge is 0.205 e. The van der Waals surface area contributed by atoms with Gasteiger partial charge in [0.2, 0.25) is 0 Å². The first-order chi connectivity index (χ1) is 3.30. The molecule has 0 N–H and O–H groups in total. The van der Waals surface area contributed by atoms with Crippen LogP contribution in [0, 0.1) is 6.08 Å². The highest BCUT2D eigenvalue weighted by Gasteiger charge is 1.93. The average Bonchev–Trinajstić information content (AvgIpc) is 1.91. The Balaban J connectivity index is 3.12. The van der Waals surface area contributed by atoms with Gasteiger partial charge in [-0.15, -0.1) is 0 Å². The Kier molecular flexibility index (Phi) is 0.744. The van der Waals surface area contributed by atoms with Gasteiger partial charge in [0.15, 0.2) is 0 Å². The maximum Gasteiger partial charge on any atom is 0.326 e. The fourth-order valence-electron chi connectivity index (χ4n) is 0.219. The van der Waals surface area contributed by atoms with Gasteiger partial charge in [0.1, 0.15) is 0 Å². The van der Waals surface area contributed by atoms with Gasteiger partial charge in [0.25, 0.3) is 0 Å². The second-order valence-electron chi connectivity index (χ2n) is 1.07. The standard InChI is InChI=1S/C2H3FN4/c1-7-2(3)4-5-6-7/h1H3. The van der Waals surface area contributed by atoms with Crippen molar-refractivity contribution in [2.75, 3.05) is 0 Å². The van der Waals surface area contributed by atoms with Gasteiger partial charge in [0, 0.05) is 7.05 Å². The number of hydrogen-bond acceptors (Lipinski definition) is 3. The van der Waals surface area contributed by atoms with Crippen LogP contribution in [0.1, 0.15) is 0 Å². The molecule has 0 radical (unpaired) electrons. The number of nitrogens with zero attached hydrogens (tertiary/aromatic N) is 4. The van der Waals surface area contributed by atoms with Gasteiger partial charge in [-0.25, -0.2) is 4.68 Å². The van der Waals surface area contributed by atoms with Crippen molar-refractivity contribution in [3.63, 3.8) is 0 Å². The van der Waals surface area contributed by atoms with E-state index in [4.69, 9.17) is 0 Å². The quantitative estimate of drug-likeness (QED) is 0.437. The predicted octanol–water partition coefficient (Wildman–Crippen LogP) is -0.651. The lowest BCUT2D eigenvalue weighted by molar-refractivity contribution is 0.477. The van der Waals surface area contributed by atoms with Crippen molar-refractivity contribution in [3.05, 3.63) is 6.08 Å². The zero-order chi connectivity index (χ0) is 5.28. The normalized spacial score (nSPS) is 9.43. The molecule has 0 spiro atoms. The average molecular weight is 102 g/mol. The Morgan fingerprint density at radius 3 is 2.57 bits per heavy atom. The summed E-state index contributed by atoms with van der Waals surface area (Å²) in [7, 11) is 1.43. The lowest BCUT2D eigenvalue weighted by Gasteiger charge is -1.77. The molecule has 1 aromatic rings. The molecular formula is C2H3FN4. The molecule has 4 nitrogen and oxygen atoms in total. The Bertz CT molecular complexity index is 142. The van der Waals surface area contributed by atoms with Crippen molar-refractivity contribution in [1.82, 2.24) is 20.2 Å². The minimum absolute atomic E-state index is 0.667. The third-order valence-electron chi connectivity index (χ3n) is 0.568. The zero-order valence-electron chi connectivity index (χ0n) is 3.67. The van der Waals surface area contributed by atoms with E-state index in [9.17, 15) is 4.39 Å². The summed E-state index contributed by atoms with van der Waals surface area (Å²) >= 11 is 0. The van der Waals surface area contributed by atoms with Gasteiger partial charge in [-0.1, -0.05) is 5.10 Å². The highest BCUT2D eigenvalue weighted by atomic mass is 19.1. The lowest BCUT2D eigenvalue weighted by atomic mass is 11.2. The van der Waals surface area contributed by atoms with Crippen molar-refractivity contribution in [3.8, 4) is 0 Å². The van der Waals surface area contributed by atoms with Gasteiger partial charge in [-0.05, 0) is 10.4 Å². The molecule has 1 aromatic heterocycles. The van der Waals surface area contributed by atoms with E-state index in [1.165, 1.54) is 7.05 Å². The molecule has 7 heavy (non-hydrogen) atoms. The maximum atomic E-state index is 11.8. The van der Waals surface area contributed by atoms with Crippen molar-refractivity contribution in [2.45, 2.75) is 0 Å². The third-order valence-corrected chi connectivity index (χ3v) is 0.568. The van der Waals surface area contributed by atoms with E-state index in [1.807, 2.05) is 0 Å². The minimum Gasteiger partial charge on any atom is -0.205 e. The van der Waals surface area contributed by atoms with Crippen molar-refractivity contribution in [1.29, 1.82) is 0 Å². The first-order valence-electron chi connectivity index (χ1n) is 1.68. The third kappa shape index (κ3) is 0.556. The highest BCUT2D eigenvalue weighted by Crippen LogP contribution is 1.78. The molecule has 1 heterocycles. The summed E-state index contributed by atoms with van der Waals surface area (Å²) < 4.78 is 12.8. The summed E-state index contributed by atoms with van der Waals surface area (Å²) in [5, 5.41) is 9.16. The van der Waals surface area contributed by atoms with E-state index in [1.54, 1.807) is 0 Å². The van der Waals surface area contributed by atoms with Crippen molar-refractivity contribution < 1.29 is 4.39 Å². The van der Waals surface area contributed by atoms with Crippen LogP contribution in [0.3, 0.4) is 0 Å². The molecule has 0 saturated heterocycles. The summed E-state index contributed by atoms with van der Waals surface area (Å²) in [6, 6.07) is 0. The summed E-state index contributed by atoms with van der Waals surface area (Å²) in [6.07, 6.45) is -0.667. The monoisotopic (exact) mass is 102 g/mol. The first-order valence-corrected chi connectivity index (χ1v) is 1.68. The van der Waals surface area contributed by atoms with Gasteiger partial charge in [-0.3, -0.25) is 0 Å². The van der Waals surface area contributed by atoms with Crippen molar-refractivity contribution >= 4 is 0 Å². The number of aromatic nitrogens is 4. The molecule has 0 fully saturated rings. The lowest BCUT2D eigenvalue weighted by Crippen LogP contribution is -1.93. The van der Waals surface area contributed by atoms with Crippen LogP contribution in [-0.2, 0) is 7.05 Å². The van der Waals surface area contributed by atoms with Gasteiger partial charge in [0.05, 0.1) is 0 Å². The van der Waals surface area contributed by atoms with Crippen LogP contribution >= 0.6 is 0 Å². The number of rotatable bonds is 0. The van der Waals surface area contributed by atoms with E-state index in [0.717, 1.165) is 4.68 Å². The predicted molar refractivity (Wildman–Crippen MR) is 18.8 cm³/mol. The fourth-order valence-corrected chi connectivity index (χ4v) is 0.219. The minimum atomic E-state index is -0.667. The summed E-state index contributed by atoms with van der Waals surface area (Å²) in [6.45, 7) is 0. The molecule has 0 bridgehead atoms. The van der Waals surface area contributed by atoms with Crippen LogP contribution in [0.5, 0.6) is 0 Å². The van der Waals surface area contributed by atoms with Gasteiger partial charge >= 0.3 is 6.08 Å². The van der Waals surface area contributed by atoms with Crippen LogP contribution in [0.2, 0.25) is 0 Å². The van der Waals surface area contributed by atoms with Crippen LogP contribution in [0.4, 0.5) is 4.39 Å². The SMILES string of the molecule is Cn1nnnc1F. The molecule has 0 aliphatic carbocycles. The second-order valence-corrected chi connectivity index (χ2v) is 1.07. The molecule has 0 saturated carbocycles. The topological polar surface area (TPSA) is 43.6 Å². The van der Waals surface area contributed by atoms with Crippen LogP contribution in [0.25, 0.3) is 0 Å². The van der Waals surface area contributed by atoms with E-state index >= 15 is 0 Å². The van der Waals surface area contributed by atoms with Crippen LogP contribution < -0.4 is 0 Å². The largest absolute Gasteiger partial charge is 0.326 e. The number of halogens is 1. The Morgan fingerprint density at radius 2 is 2.43 bits per heavy atom. The molecule has 0 aliphatic heterocycles. The molecule has 5 heteroatoms. The zero-order valence-corrected chi connectivity index (χ0v) is 3.67. The summed E-state index contributed by atoms with van der Waals surface area (Å²) in [4.78, 5) is 0. The molecule has 0 atom stereocenters. The van der Waals surface area contributed by atoms with Crippen LogP contribution in [-0.4, -0.2) is 20.2 Å².